The van der Waals surface area contributed by atoms with Crippen molar-refractivity contribution in [1.29, 1.82) is 0 Å². The molecule has 0 amide bonds. The molecule has 1 unspecified atom stereocenters. The van der Waals surface area contributed by atoms with E-state index in [9.17, 15) is 19.9 Å². The summed E-state index contributed by atoms with van der Waals surface area (Å²) in [6.07, 6.45) is 0.958. The second-order valence-electron chi connectivity index (χ2n) is 9.43. The van der Waals surface area contributed by atoms with Gasteiger partial charge in [0, 0.05) is 41.5 Å². The van der Waals surface area contributed by atoms with Crippen molar-refractivity contribution in [2.45, 2.75) is 57.2 Å². The molecule has 2 aliphatic heterocycles. The zero-order chi connectivity index (χ0) is 25.2. The molecule has 0 radical (unpaired) electrons. The predicted octanol–water partition coefficient (Wildman–Crippen LogP) is 4.43. The molecule has 0 saturated carbocycles. The number of ether oxygens (including phenoxy) is 2. The average molecular weight is 505 g/mol. The molecule has 2 aromatic rings. The Balaban J connectivity index is 1.51. The first-order valence-corrected chi connectivity index (χ1v) is 12.3. The van der Waals surface area contributed by atoms with Gasteiger partial charge < -0.3 is 19.7 Å². The molecule has 2 aliphatic rings. The molecule has 0 aliphatic carbocycles. The summed E-state index contributed by atoms with van der Waals surface area (Å²) in [7, 11) is 0. The normalized spacial score (nSPS) is 25.2. The number of rotatable bonds is 9. The Hall–Kier alpha value is -2.81. The number of fused-ring (bicyclic) bond motifs is 2. The van der Waals surface area contributed by atoms with Crippen LogP contribution in [0.25, 0.3) is 0 Å². The van der Waals surface area contributed by atoms with Crippen LogP contribution < -0.4 is 9.47 Å². The molecule has 1 saturated heterocycles. The molecule has 4 rings (SSSR count). The Kier molecular flexibility index (Phi) is 7.26. The van der Waals surface area contributed by atoms with Crippen LogP contribution in [0.5, 0.6) is 11.5 Å². The average Bonchev–Trinajstić information content (AvgIpc) is 3.14. The van der Waals surface area contributed by atoms with Gasteiger partial charge in [-0.2, -0.15) is 4.65 Å². The van der Waals surface area contributed by atoms with E-state index >= 15 is 0 Å². The molecule has 1 atom stereocenters. The van der Waals surface area contributed by atoms with Crippen LogP contribution in [0.4, 0.5) is 0 Å². The molecule has 9 heteroatoms. The fraction of sp³-hybridized carbons (Fsp3) is 0.462. The Morgan fingerprint density at radius 2 is 1.94 bits per heavy atom. The molecule has 1 spiro atoms. The van der Waals surface area contributed by atoms with Gasteiger partial charge in [0.1, 0.15) is 37.7 Å². The molecule has 2 aromatic carbocycles. The van der Waals surface area contributed by atoms with Crippen molar-refractivity contribution in [3.63, 3.8) is 0 Å². The first-order chi connectivity index (χ1) is 16.7. The molecule has 3 N–H and O–H groups in total. The fourth-order valence-electron chi connectivity index (χ4n) is 5.35. The number of carboxylic acids is 2. The van der Waals surface area contributed by atoms with E-state index in [4.69, 9.17) is 26.2 Å². The lowest BCUT2D eigenvalue weighted by atomic mass is 9.69. The van der Waals surface area contributed by atoms with Crippen LogP contribution in [0.15, 0.2) is 36.4 Å². The summed E-state index contributed by atoms with van der Waals surface area (Å²) in [4.78, 5) is 23.0. The molecule has 8 nitrogen and oxygen atoms in total. The Bertz CT molecular complexity index is 1110. The summed E-state index contributed by atoms with van der Waals surface area (Å²) in [6.45, 7) is 3.33. The Morgan fingerprint density at radius 1 is 1.20 bits per heavy atom. The van der Waals surface area contributed by atoms with Crippen molar-refractivity contribution >= 4 is 23.5 Å². The van der Waals surface area contributed by atoms with Gasteiger partial charge >= 0.3 is 11.9 Å². The third kappa shape index (κ3) is 5.10. The lowest BCUT2D eigenvalue weighted by Crippen LogP contribution is -2.58. The number of benzene rings is 2. The van der Waals surface area contributed by atoms with Crippen molar-refractivity contribution in [3.8, 4) is 11.5 Å². The van der Waals surface area contributed by atoms with E-state index in [0.717, 1.165) is 23.1 Å². The van der Waals surface area contributed by atoms with Crippen LogP contribution in [0.2, 0.25) is 5.02 Å². The standard InChI is InChI=1S/C26H30ClNO7/c1-2-17-5-3-6-21(27)19(17)16-34-18-8-9-20-22(15-18)35-24(25(31)32)26(20)10-13-28(33,14-11-26)12-4-7-23(29)30/h3,5-6,8-9,15,24,33H,2,4,7,10-14,16H2,1H3,(H-,29,30,31,32)/p+1. The van der Waals surface area contributed by atoms with Crippen LogP contribution in [-0.4, -0.2) is 57.7 Å². The Morgan fingerprint density at radius 3 is 2.60 bits per heavy atom. The van der Waals surface area contributed by atoms with Gasteiger partial charge in [0.2, 0.25) is 6.10 Å². The zero-order valence-corrected chi connectivity index (χ0v) is 20.5. The zero-order valence-electron chi connectivity index (χ0n) is 19.7. The topological polar surface area (TPSA) is 113 Å². The number of nitrogens with zero attached hydrogens (tertiary/aromatic N) is 1. The van der Waals surface area contributed by atoms with Crippen molar-refractivity contribution in [2.24, 2.45) is 0 Å². The van der Waals surface area contributed by atoms with E-state index in [1.807, 2.05) is 30.3 Å². The van der Waals surface area contributed by atoms with Crippen LogP contribution in [0.1, 0.15) is 49.3 Å². The third-order valence-electron chi connectivity index (χ3n) is 7.35. The van der Waals surface area contributed by atoms with Crippen molar-refractivity contribution < 1.29 is 39.1 Å². The molecular formula is C26H31ClNO7+. The van der Waals surface area contributed by atoms with Gasteiger partial charge in [0.05, 0.1) is 11.8 Å². The third-order valence-corrected chi connectivity index (χ3v) is 7.71. The summed E-state index contributed by atoms with van der Waals surface area (Å²) in [5.74, 6) is -0.902. The maximum Gasteiger partial charge on any atom is 0.345 e. The van der Waals surface area contributed by atoms with Gasteiger partial charge in [-0.3, -0.25) is 4.79 Å². The van der Waals surface area contributed by atoms with Crippen molar-refractivity contribution in [3.05, 3.63) is 58.1 Å². The van der Waals surface area contributed by atoms with Crippen LogP contribution >= 0.6 is 11.6 Å². The number of aliphatic carboxylic acids is 2. The second kappa shape index (κ2) is 10.0. The highest BCUT2D eigenvalue weighted by atomic mass is 35.5. The van der Waals surface area contributed by atoms with E-state index in [1.54, 1.807) is 6.07 Å². The van der Waals surface area contributed by atoms with Gasteiger partial charge in [0.15, 0.2) is 0 Å². The van der Waals surface area contributed by atoms with Crippen molar-refractivity contribution in [2.75, 3.05) is 19.6 Å². The minimum atomic E-state index is -1.06. The largest absolute Gasteiger partial charge is 0.489 e. The predicted molar refractivity (Wildman–Crippen MR) is 128 cm³/mol. The van der Waals surface area contributed by atoms with E-state index in [0.29, 0.717) is 55.4 Å². The number of likely N-dealkylation sites (tertiary alicyclic amines) is 1. The van der Waals surface area contributed by atoms with E-state index in [2.05, 4.69) is 6.92 Å². The minimum absolute atomic E-state index is 0.00782. The van der Waals surface area contributed by atoms with Gasteiger partial charge in [-0.25, -0.2) is 10.0 Å². The van der Waals surface area contributed by atoms with Crippen LogP contribution in [0, 0.1) is 0 Å². The van der Waals surface area contributed by atoms with Crippen LogP contribution in [0.3, 0.4) is 0 Å². The number of aryl methyl sites for hydroxylation is 1. The summed E-state index contributed by atoms with van der Waals surface area (Å²) in [5, 5.41) is 30.4. The molecule has 1 fully saturated rings. The van der Waals surface area contributed by atoms with Gasteiger partial charge in [-0.05, 0) is 24.1 Å². The summed E-state index contributed by atoms with van der Waals surface area (Å²) < 4.78 is 11.7. The van der Waals surface area contributed by atoms with Crippen LogP contribution in [-0.2, 0) is 28.0 Å². The summed E-state index contributed by atoms with van der Waals surface area (Å²) in [6, 6.07) is 11.2. The molecule has 35 heavy (non-hydrogen) atoms. The lowest BCUT2D eigenvalue weighted by molar-refractivity contribution is -1.11. The van der Waals surface area contributed by atoms with E-state index in [-0.39, 0.29) is 17.7 Å². The molecule has 0 bridgehead atoms. The summed E-state index contributed by atoms with van der Waals surface area (Å²) >= 11 is 6.37. The van der Waals surface area contributed by atoms with E-state index in [1.165, 1.54) is 0 Å². The second-order valence-corrected chi connectivity index (χ2v) is 9.84. The maximum atomic E-state index is 12.2. The highest BCUT2D eigenvalue weighted by Crippen LogP contribution is 2.51. The number of piperidine rings is 1. The molecular weight excluding hydrogens is 474 g/mol. The quantitative estimate of drug-likeness (QED) is 0.433. The number of hydrogen-bond acceptors (Lipinski definition) is 5. The first-order valence-electron chi connectivity index (χ1n) is 11.9. The van der Waals surface area contributed by atoms with E-state index < -0.39 is 23.5 Å². The number of carbonyl (C=O) groups is 2. The monoisotopic (exact) mass is 504 g/mol. The van der Waals surface area contributed by atoms with Gasteiger partial charge in [-0.1, -0.05) is 36.7 Å². The number of hydroxylamine groups is 3. The number of hydrogen-bond donors (Lipinski definition) is 3. The fourth-order valence-corrected chi connectivity index (χ4v) is 5.60. The lowest BCUT2D eigenvalue weighted by Gasteiger charge is -2.43. The number of halogens is 1. The SMILES string of the molecule is CCc1cccc(Cl)c1COc1ccc2c(c1)OC(C(=O)O)C21CC[N+](O)(CCCC(=O)O)CC1. The minimum Gasteiger partial charge on any atom is -0.489 e. The molecule has 0 aromatic heterocycles. The number of carboxylic acid groups (broad SMARTS) is 2. The molecule has 2 heterocycles. The summed E-state index contributed by atoms with van der Waals surface area (Å²) in [5.41, 5.74) is 2.08. The Labute approximate surface area is 209 Å². The maximum absolute atomic E-state index is 12.2. The highest BCUT2D eigenvalue weighted by Gasteiger charge is 2.57. The first kappa shape index (κ1) is 25.3. The van der Waals surface area contributed by atoms with Gasteiger partial charge in [0.25, 0.3) is 0 Å². The van der Waals surface area contributed by atoms with Gasteiger partial charge in [-0.15, -0.1) is 0 Å². The number of quaternary nitrogens is 1. The highest BCUT2D eigenvalue weighted by molar-refractivity contribution is 6.31. The van der Waals surface area contributed by atoms with Crippen molar-refractivity contribution in [1.82, 2.24) is 0 Å². The molecule has 188 valence electrons. The smallest absolute Gasteiger partial charge is 0.345 e.